The Kier molecular flexibility index (Phi) is 4.92. The fraction of sp³-hybridized carbons (Fsp3) is 0.364. The van der Waals surface area contributed by atoms with E-state index in [1.807, 2.05) is 0 Å². The molecule has 0 heterocycles. The second kappa shape index (κ2) is 6.26. The van der Waals surface area contributed by atoms with Gasteiger partial charge in [-0.1, -0.05) is 11.6 Å². The molecule has 0 saturated carbocycles. The summed E-state index contributed by atoms with van der Waals surface area (Å²) in [6.45, 7) is 0.724. The molecule has 0 bridgehead atoms. The van der Waals surface area contributed by atoms with Crippen molar-refractivity contribution in [1.29, 1.82) is 5.26 Å². The number of hydrogen-bond donors (Lipinski definition) is 1. The lowest BCUT2D eigenvalue weighted by Crippen LogP contribution is -2.01. The highest BCUT2D eigenvalue weighted by Gasteiger charge is 1.98. The topological polar surface area (TPSA) is 35.8 Å². The number of hydrogen-bond acceptors (Lipinski definition) is 2. The Hall–Kier alpha value is -1.27. The van der Waals surface area contributed by atoms with Gasteiger partial charge in [0.05, 0.1) is 6.07 Å². The molecule has 0 atom stereocenters. The van der Waals surface area contributed by atoms with Crippen molar-refractivity contribution in [2.45, 2.75) is 19.3 Å². The summed E-state index contributed by atoms with van der Waals surface area (Å²) in [5.41, 5.74) is 0.678. The van der Waals surface area contributed by atoms with Gasteiger partial charge in [0.25, 0.3) is 0 Å². The summed E-state index contributed by atoms with van der Waals surface area (Å²) in [5, 5.41) is 11.8. The number of rotatable bonds is 5. The minimum atomic E-state index is -0.345. The van der Waals surface area contributed by atoms with E-state index in [0.717, 1.165) is 19.4 Å². The minimum absolute atomic E-state index is 0.345. The van der Waals surface area contributed by atoms with Gasteiger partial charge in [0.15, 0.2) is 0 Å². The lowest BCUT2D eigenvalue weighted by atomic mass is 10.2. The van der Waals surface area contributed by atoms with Crippen molar-refractivity contribution in [3.8, 4) is 6.07 Å². The molecule has 4 heteroatoms. The predicted octanol–water partition coefficient (Wildman–Crippen LogP) is 3.58. The average Bonchev–Trinajstić information content (AvgIpc) is 2.16. The highest BCUT2D eigenvalue weighted by molar-refractivity contribution is 6.30. The first-order valence-corrected chi connectivity index (χ1v) is 5.17. The van der Waals surface area contributed by atoms with Gasteiger partial charge >= 0.3 is 0 Å². The Balaban J connectivity index is 2.34. The lowest BCUT2D eigenvalue weighted by Gasteiger charge is -2.05. The minimum Gasteiger partial charge on any atom is -0.385 e. The van der Waals surface area contributed by atoms with Crippen LogP contribution in [0, 0.1) is 17.1 Å². The molecule has 0 radical (unpaired) electrons. The van der Waals surface area contributed by atoms with Crippen LogP contribution >= 0.6 is 11.6 Å². The van der Waals surface area contributed by atoms with E-state index in [1.54, 1.807) is 6.07 Å². The predicted molar refractivity (Wildman–Crippen MR) is 59.4 cm³/mol. The van der Waals surface area contributed by atoms with E-state index < -0.39 is 0 Å². The van der Waals surface area contributed by atoms with Gasteiger partial charge in [-0.15, -0.1) is 0 Å². The second-order valence-corrected chi connectivity index (χ2v) is 3.64. The number of halogens is 2. The van der Waals surface area contributed by atoms with Crippen molar-refractivity contribution in [3.05, 3.63) is 29.0 Å². The van der Waals surface area contributed by atoms with Gasteiger partial charge in [-0.3, -0.25) is 0 Å². The zero-order valence-electron chi connectivity index (χ0n) is 8.26. The fourth-order valence-corrected chi connectivity index (χ4v) is 1.44. The Morgan fingerprint density at radius 3 is 2.80 bits per heavy atom. The molecular formula is C11H12ClFN2. The average molecular weight is 227 g/mol. The summed E-state index contributed by atoms with van der Waals surface area (Å²) < 4.78 is 12.9. The third kappa shape index (κ3) is 4.66. The number of nitrogens with one attached hydrogen (secondary N) is 1. The first kappa shape index (κ1) is 11.8. The molecule has 1 N–H and O–H groups in total. The van der Waals surface area contributed by atoms with Crippen LogP contribution < -0.4 is 5.32 Å². The van der Waals surface area contributed by atoms with E-state index in [9.17, 15) is 4.39 Å². The monoisotopic (exact) mass is 226 g/mol. The largest absolute Gasteiger partial charge is 0.385 e. The number of unbranched alkanes of at least 4 members (excludes halogenated alkanes) is 2. The molecule has 1 aromatic carbocycles. The van der Waals surface area contributed by atoms with Crippen molar-refractivity contribution in [1.82, 2.24) is 0 Å². The van der Waals surface area contributed by atoms with Crippen LogP contribution in [0.5, 0.6) is 0 Å². The number of nitrogens with zero attached hydrogens (tertiary/aromatic N) is 1. The molecular weight excluding hydrogens is 215 g/mol. The summed E-state index contributed by atoms with van der Waals surface area (Å²) in [4.78, 5) is 0. The quantitative estimate of drug-likeness (QED) is 0.779. The first-order valence-electron chi connectivity index (χ1n) is 4.79. The Bertz CT molecular complexity index is 340. The first-order chi connectivity index (χ1) is 7.22. The second-order valence-electron chi connectivity index (χ2n) is 3.20. The van der Waals surface area contributed by atoms with Gasteiger partial charge in [0, 0.05) is 23.7 Å². The van der Waals surface area contributed by atoms with Gasteiger partial charge in [-0.05, 0) is 31.0 Å². The molecule has 1 aromatic rings. The maximum atomic E-state index is 12.9. The van der Waals surface area contributed by atoms with Crippen LogP contribution in [0.3, 0.4) is 0 Å². The molecule has 80 valence electrons. The summed E-state index contributed by atoms with van der Waals surface area (Å²) in [5.74, 6) is -0.345. The third-order valence-electron chi connectivity index (χ3n) is 1.91. The molecule has 0 fully saturated rings. The molecule has 15 heavy (non-hydrogen) atoms. The molecule has 0 aliphatic heterocycles. The zero-order valence-corrected chi connectivity index (χ0v) is 9.02. The summed E-state index contributed by atoms with van der Waals surface area (Å²) in [6.07, 6.45) is 2.31. The van der Waals surface area contributed by atoms with Gasteiger partial charge in [-0.2, -0.15) is 5.26 Å². The Labute approximate surface area is 93.7 Å². The molecule has 2 nitrogen and oxygen atoms in total. The summed E-state index contributed by atoms with van der Waals surface area (Å²) >= 11 is 5.69. The number of nitriles is 1. The highest BCUT2D eigenvalue weighted by atomic mass is 35.5. The van der Waals surface area contributed by atoms with E-state index in [2.05, 4.69) is 11.4 Å². The van der Waals surface area contributed by atoms with Crippen LogP contribution in [-0.2, 0) is 0 Å². The van der Waals surface area contributed by atoms with Crippen LogP contribution in [0.15, 0.2) is 18.2 Å². The van der Waals surface area contributed by atoms with Gasteiger partial charge in [0.2, 0.25) is 0 Å². The van der Waals surface area contributed by atoms with Gasteiger partial charge in [0.1, 0.15) is 5.82 Å². The Morgan fingerprint density at radius 1 is 1.33 bits per heavy atom. The van der Waals surface area contributed by atoms with E-state index in [1.165, 1.54) is 12.1 Å². The molecule has 0 aliphatic rings. The Morgan fingerprint density at radius 2 is 2.13 bits per heavy atom. The van der Waals surface area contributed by atoms with Gasteiger partial charge in [-0.25, -0.2) is 4.39 Å². The molecule has 0 saturated heterocycles. The molecule has 0 aliphatic carbocycles. The summed E-state index contributed by atoms with van der Waals surface area (Å²) in [6, 6.07) is 6.42. The third-order valence-corrected chi connectivity index (χ3v) is 2.13. The summed E-state index contributed by atoms with van der Waals surface area (Å²) in [7, 11) is 0. The molecule has 0 spiro atoms. The SMILES string of the molecule is N#CCCCCNc1cc(F)cc(Cl)c1. The molecule has 0 unspecified atom stereocenters. The molecule has 0 amide bonds. The van der Waals surface area contributed by atoms with E-state index in [4.69, 9.17) is 16.9 Å². The van der Waals surface area contributed by atoms with Crippen molar-refractivity contribution >= 4 is 17.3 Å². The number of anilines is 1. The van der Waals surface area contributed by atoms with Crippen molar-refractivity contribution < 1.29 is 4.39 Å². The van der Waals surface area contributed by atoms with Crippen molar-refractivity contribution in [2.24, 2.45) is 0 Å². The molecule has 1 rings (SSSR count). The van der Waals surface area contributed by atoms with Crippen LogP contribution in [-0.4, -0.2) is 6.54 Å². The van der Waals surface area contributed by atoms with E-state index in [0.29, 0.717) is 17.1 Å². The van der Waals surface area contributed by atoms with E-state index >= 15 is 0 Å². The fourth-order valence-electron chi connectivity index (χ4n) is 1.22. The number of benzene rings is 1. The van der Waals surface area contributed by atoms with Crippen LogP contribution in [0.25, 0.3) is 0 Å². The van der Waals surface area contributed by atoms with Crippen LogP contribution in [0.4, 0.5) is 10.1 Å². The van der Waals surface area contributed by atoms with Crippen LogP contribution in [0.1, 0.15) is 19.3 Å². The lowest BCUT2D eigenvalue weighted by molar-refractivity contribution is 0.628. The normalized spacial score (nSPS) is 9.67. The maximum Gasteiger partial charge on any atom is 0.126 e. The molecule has 0 aromatic heterocycles. The van der Waals surface area contributed by atoms with E-state index in [-0.39, 0.29) is 5.82 Å². The van der Waals surface area contributed by atoms with Crippen molar-refractivity contribution in [2.75, 3.05) is 11.9 Å². The van der Waals surface area contributed by atoms with Crippen molar-refractivity contribution in [3.63, 3.8) is 0 Å². The highest BCUT2D eigenvalue weighted by Crippen LogP contribution is 2.17. The smallest absolute Gasteiger partial charge is 0.126 e. The van der Waals surface area contributed by atoms with Crippen LogP contribution in [0.2, 0.25) is 5.02 Å². The maximum absolute atomic E-state index is 12.9. The zero-order chi connectivity index (χ0) is 11.1. The standard InChI is InChI=1S/C11H12ClFN2/c12-9-6-10(13)8-11(7-9)15-5-3-1-2-4-14/h6-8,15H,1-3,5H2. The van der Waals surface area contributed by atoms with Gasteiger partial charge < -0.3 is 5.32 Å².